The highest BCUT2D eigenvalue weighted by atomic mass is 32.2. The largest absolute Gasteiger partial charge is 0.396 e. The van der Waals surface area contributed by atoms with E-state index in [0.29, 0.717) is 12.2 Å². The third kappa shape index (κ3) is 3.52. The lowest BCUT2D eigenvalue weighted by Crippen LogP contribution is -2.19. The Hall–Kier alpha value is -2.08. The molecule has 0 saturated carbocycles. The molecule has 0 atom stereocenters. The summed E-state index contributed by atoms with van der Waals surface area (Å²) in [5.41, 5.74) is 7.54. The van der Waals surface area contributed by atoms with Crippen LogP contribution in [0.5, 0.6) is 0 Å². The maximum absolute atomic E-state index is 13.2. The zero-order valence-corrected chi connectivity index (χ0v) is 12.7. The molecule has 0 saturated heterocycles. The fourth-order valence-electron chi connectivity index (χ4n) is 2.18. The normalized spacial score (nSPS) is 11.4. The lowest BCUT2D eigenvalue weighted by Gasteiger charge is -2.22. The van der Waals surface area contributed by atoms with Gasteiger partial charge in [0.25, 0.3) is 0 Å². The monoisotopic (exact) mass is 308 g/mol. The number of halogens is 1. The molecule has 0 aromatic heterocycles. The van der Waals surface area contributed by atoms with E-state index in [0.717, 1.165) is 11.8 Å². The van der Waals surface area contributed by atoms with Crippen LogP contribution in [-0.2, 0) is 16.4 Å². The summed E-state index contributed by atoms with van der Waals surface area (Å²) in [7, 11) is -1.60. The summed E-state index contributed by atoms with van der Waals surface area (Å²) < 4.78 is 36.6. The van der Waals surface area contributed by atoms with Crippen molar-refractivity contribution in [3.8, 4) is 0 Å². The number of hydrogen-bond acceptors (Lipinski definition) is 4. The van der Waals surface area contributed by atoms with Crippen molar-refractivity contribution in [2.75, 3.05) is 23.9 Å². The van der Waals surface area contributed by atoms with Gasteiger partial charge in [0.15, 0.2) is 9.84 Å². The van der Waals surface area contributed by atoms with Gasteiger partial charge in [-0.2, -0.15) is 0 Å². The average molecular weight is 308 g/mol. The van der Waals surface area contributed by atoms with Crippen LogP contribution in [0.25, 0.3) is 0 Å². The van der Waals surface area contributed by atoms with Gasteiger partial charge in [-0.25, -0.2) is 12.8 Å². The van der Waals surface area contributed by atoms with Crippen LogP contribution in [0.15, 0.2) is 47.4 Å². The van der Waals surface area contributed by atoms with Crippen LogP contribution < -0.4 is 10.6 Å². The van der Waals surface area contributed by atoms with Crippen LogP contribution in [0.2, 0.25) is 0 Å². The first kappa shape index (κ1) is 15.3. The van der Waals surface area contributed by atoms with E-state index >= 15 is 0 Å². The summed E-state index contributed by atoms with van der Waals surface area (Å²) in [6.45, 7) is 0.426. The Labute approximate surface area is 123 Å². The maximum atomic E-state index is 13.2. The van der Waals surface area contributed by atoms with Gasteiger partial charge in [-0.3, -0.25) is 0 Å². The average Bonchev–Trinajstić information content (AvgIpc) is 2.37. The molecule has 0 amide bonds. The standard InChI is InChI=1S/C15H17FN2O2S/c1-18(10-11-5-3-6-12(16)9-11)13-7-4-8-14(15(13)17)21(2,19)20/h3-9H,10,17H2,1-2H3. The van der Waals surface area contributed by atoms with Crippen molar-refractivity contribution in [1.82, 2.24) is 0 Å². The Bertz CT molecular complexity index is 760. The van der Waals surface area contributed by atoms with E-state index in [1.54, 1.807) is 36.2 Å². The molecule has 0 unspecified atom stereocenters. The van der Waals surface area contributed by atoms with Crippen molar-refractivity contribution in [3.05, 3.63) is 53.8 Å². The second-order valence-corrected chi connectivity index (χ2v) is 6.93. The number of nitrogen functional groups attached to an aromatic ring is 1. The Balaban J connectivity index is 2.34. The van der Waals surface area contributed by atoms with E-state index in [9.17, 15) is 12.8 Å². The lowest BCUT2D eigenvalue weighted by molar-refractivity contribution is 0.602. The number of sulfone groups is 1. The molecule has 21 heavy (non-hydrogen) atoms. The number of benzene rings is 2. The first-order valence-corrected chi connectivity index (χ1v) is 8.22. The molecule has 0 heterocycles. The van der Waals surface area contributed by atoms with Crippen LogP contribution in [0.1, 0.15) is 5.56 Å². The van der Waals surface area contributed by atoms with Gasteiger partial charge in [-0.15, -0.1) is 0 Å². The second kappa shape index (κ2) is 5.73. The van der Waals surface area contributed by atoms with Gasteiger partial charge >= 0.3 is 0 Å². The van der Waals surface area contributed by atoms with Crippen molar-refractivity contribution in [1.29, 1.82) is 0 Å². The van der Waals surface area contributed by atoms with E-state index < -0.39 is 9.84 Å². The van der Waals surface area contributed by atoms with E-state index in [-0.39, 0.29) is 16.4 Å². The number of anilines is 2. The minimum Gasteiger partial charge on any atom is -0.396 e. The first-order chi connectivity index (χ1) is 9.79. The SMILES string of the molecule is CN(Cc1cccc(F)c1)c1cccc(S(C)(=O)=O)c1N. The minimum absolute atomic E-state index is 0.103. The van der Waals surface area contributed by atoms with Gasteiger partial charge in [0, 0.05) is 19.8 Å². The van der Waals surface area contributed by atoms with E-state index in [4.69, 9.17) is 5.73 Å². The third-order valence-corrected chi connectivity index (χ3v) is 4.32. The van der Waals surface area contributed by atoms with Crippen LogP contribution >= 0.6 is 0 Å². The third-order valence-electron chi connectivity index (χ3n) is 3.16. The fraction of sp³-hybridized carbons (Fsp3) is 0.200. The zero-order chi connectivity index (χ0) is 15.6. The molecule has 2 N–H and O–H groups in total. The molecule has 112 valence electrons. The number of para-hydroxylation sites is 1. The molecule has 0 aliphatic rings. The van der Waals surface area contributed by atoms with Crippen LogP contribution in [0.4, 0.5) is 15.8 Å². The van der Waals surface area contributed by atoms with Gasteiger partial charge in [0.05, 0.1) is 16.3 Å². The molecular weight excluding hydrogens is 291 g/mol. The smallest absolute Gasteiger partial charge is 0.177 e. The molecule has 0 aliphatic carbocycles. The summed E-state index contributed by atoms with van der Waals surface area (Å²) in [5.74, 6) is -0.307. The second-order valence-electron chi connectivity index (χ2n) is 4.95. The van der Waals surface area contributed by atoms with Crippen molar-refractivity contribution >= 4 is 21.2 Å². The molecule has 2 aromatic carbocycles. The van der Waals surface area contributed by atoms with E-state index in [2.05, 4.69) is 0 Å². The van der Waals surface area contributed by atoms with Crippen LogP contribution in [0.3, 0.4) is 0 Å². The maximum Gasteiger partial charge on any atom is 0.177 e. The van der Waals surface area contributed by atoms with Gasteiger partial charge < -0.3 is 10.6 Å². The van der Waals surface area contributed by atoms with Crippen LogP contribution in [-0.4, -0.2) is 21.7 Å². The molecule has 0 fully saturated rings. The Morgan fingerprint density at radius 2 is 1.86 bits per heavy atom. The highest BCUT2D eigenvalue weighted by Gasteiger charge is 2.16. The molecular formula is C15H17FN2O2S. The molecule has 4 nitrogen and oxygen atoms in total. The number of nitrogens with two attached hydrogens (primary N) is 1. The number of rotatable bonds is 4. The van der Waals surface area contributed by atoms with Crippen LogP contribution in [0, 0.1) is 5.82 Å². The summed E-state index contributed by atoms with van der Waals surface area (Å²) in [5, 5.41) is 0. The van der Waals surface area contributed by atoms with Gasteiger partial charge in [0.2, 0.25) is 0 Å². The molecule has 0 radical (unpaired) electrons. The zero-order valence-electron chi connectivity index (χ0n) is 11.9. The highest BCUT2D eigenvalue weighted by Crippen LogP contribution is 2.29. The van der Waals surface area contributed by atoms with E-state index in [1.165, 1.54) is 18.2 Å². The minimum atomic E-state index is -3.38. The van der Waals surface area contributed by atoms with Gasteiger partial charge in [-0.05, 0) is 29.8 Å². The van der Waals surface area contributed by atoms with Gasteiger partial charge in [0.1, 0.15) is 5.82 Å². The molecule has 0 bridgehead atoms. The molecule has 0 spiro atoms. The summed E-state index contributed by atoms with van der Waals surface area (Å²) in [6.07, 6.45) is 1.12. The predicted octanol–water partition coefficient (Wildman–Crippen LogP) is 2.45. The summed E-state index contributed by atoms with van der Waals surface area (Å²) >= 11 is 0. The Morgan fingerprint density at radius 3 is 2.48 bits per heavy atom. The Morgan fingerprint density at radius 1 is 1.19 bits per heavy atom. The highest BCUT2D eigenvalue weighted by molar-refractivity contribution is 7.90. The Kier molecular flexibility index (Phi) is 4.18. The van der Waals surface area contributed by atoms with Crippen molar-refractivity contribution in [2.45, 2.75) is 11.4 Å². The first-order valence-electron chi connectivity index (χ1n) is 6.33. The number of nitrogens with zero attached hydrogens (tertiary/aromatic N) is 1. The molecule has 2 aromatic rings. The number of hydrogen-bond donors (Lipinski definition) is 1. The summed E-state index contributed by atoms with van der Waals surface area (Å²) in [4.78, 5) is 1.89. The lowest BCUT2D eigenvalue weighted by atomic mass is 10.2. The molecule has 6 heteroatoms. The topological polar surface area (TPSA) is 63.4 Å². The van der Waals surface area contributed by atoms with Gasteiger partial charge in [-0.1, -0.05) is 18.2 Å². The van der Waals surface area contributed by atoms with Crippen molar-refractivity contribution in [2.24, 2.45) is 0 Å². The van der Waals surface area contributed by atoms with E-state index in [1.807, 2.05) is 0 Å². The fourth-order valence-corrected chi connectivity index (χ4v) is 3.01. The van der Waals surface area contributed by atoms with Crippen molar-refractivity contribution in [3.63, 3.8) is 0 Å². The molecule has 2 rings (SSSR count). The quantitative estimate of drug-likeness (QED) is 0.881. The molecule has 0 aliphatic heterocycles. The summed E-state index contributed by atoms with van der Waals surface area (Å²) in [6, 6.07) is 11.1. The van der Waals surface area contributed by atoms with Crippen molar-refractivity contribution < 1.29 is 12.8 Å². The predicted molar refractivity (Wildman–Crippen MR) is 82.5 cm³/mol.